The summed E-state index contributed by atoms with van der Waals surface area (Å²) in [5.74, 6) is 0.304. The van der Waals surface area contributed by atoms with Gasteiger partial charge in [0.2, 0.25) is 5.28 Å². The second-order valence-electron chi connectivity index (χ2n) is 4.91. The van der Waals surface area contributed by atoms with Gasteiger partial charge in [-0.2, -0.15) is 0 Å². The molecule has 1 aromatic heterocycles. The fraction of sp³-hybridized carbons (Fsp3) is 0.0625. The molecule has 0 aliphatic carbocycles. The molecule has 22 heavy (non-hydrogen) atoms. The van der Waals surface area contributed by atoms with E-state index in [1.807, 2.05) is 30.3 Å². The van der Waals surface area contributed by atoms with Crippen molar-refractivity contribution in [1.82, 2.24) is 14.8 Å². The number of nitrogens with zero attached hydrogens (tertiary/aromatic N) is 4. The van der Waals surface area contributed by atoms with Gasteiger partial charge in [-0.1, -0.05) is 30.3 Å². The maximum absolute atomic E-state index is 13.8. The minimum atomic E-state index is -0.324. The van der Waals surface area contributed by atoms with E-state index in [4.69, 9.17) is 11.6 Å². The summed E-state index contributed by atoms with van der Waals surface area (Å²) in [5.41, 5.74) is 3.04. The number of benzene rings is 2. The third-order valence-corrected chi connectivity index (χ3v) is 3.82. The molecule has 0 N–H and O–H groups in total. The normalized spacial score (nSPS) is 13.1. The molecule has 4 nitrogen and oxygen atoms in total. The Labute approximate surface area is 130 Å². The molecule has 1 aliphatic rings. The third-order valence-electron chi connectivity index (χ3n) is 3.57. The summed E-state index contributed by atoms with van der Waals surface area (Å²) < 4.78 is 15.5. The summed E-state index contributed by atoms with van der Waals surface area (Å²) in [4.78, 5) is 4.60. The first-order valence-corrected chi connectivity index (χ1v) is 7.12. The lowest BCUT2D eigenvalue weighted by Gasteiger charge is -2.12. The zero-order valence-electron chi connectivity index (χ0n) is 11.4. The Bertz CT molecular complexity index is 886. The standard InChI is InChI=1S/C16H10ClFN4/c17-16-21-20-14-9-19-15(10-4-2-1-3-5-10)12-8-11(18)6-7-13(12)22(14)16/h1-8H,9H2. The second kappa shape index (κ2) is 5.03. The number of fused-ring (bicyclic) bond motifs is 3. The first-order chi connectivity index (χ1) is 10.7. The van der Waals surface area contributed by atoms with Crippen molar-refractivity contribution in [3.05, 3.63) is 76.6 Å². The lowest BCUT2D eigenvalue weighted by molar-refractivity contribution is 0.627. The molecule has 0 spiro atoms. The number of aromatic nitrogens is 3. The van der Waals surface area contributed by atoms with Crippen molar-refractivity contribution in [3.63, 3.8) is 0 Å². The molecule has 0 atom stereocenters. The highest BCUT2D eigenvalue weighted by Gasteiger charge is 2.22. The van der Waals surface area contributed by atoms with E-state index in [2.05, 4.69) is 15.2 Å². The van der Waals surface area contributed by atoms with E-state index in [-0.39, 0.29) is 11.1 Å². The van der Waals surface area contributed by atoms with Gasteiger partial charge in [0, 0.05) is 11.1 Å². The molecular formula is C16H10ClFN4. The van der Waals surface area contributed by atoms with Crippen LogP contribution >= 0.6 is 11.6 Å². The number of aliphatic imine (C=N–C) groups is 1. The van der Waals surface area contributed by atoms with Crippen LogP contribution in [0.1, 0.15) is 17.0 Å². The van der Waals surface area contributed by atoms with Crippen LogP contribution in [0.4, 0.5) is 4.39 Å². The van der Waals surface area contributed by atoms with Crippen LogP contribution in [-0.4, -0.2) is 20.5 Å². The Morgan fingerprint density at radius 1 is 1.05 bits per heavy atom. The van der Waals surface area contributed by atoms with Crippen LogP contribution in [0, 0.1) is 5.82 Å². The van der Waals surface area contributed by atoms with Crippen LogP contribution in [0.5, 0.6) is 0 Å². The van der Waals surface area contributed by atoms with Gasteiger partial charge in [-0.3, -0.25) is 9.56 Å². The summed E-state index contributed by atoms with van der Waals surface area (Å²) in [5, 5.41) is 8.16. The fourth-order valence-electron chi connectivity index (χ4n) is 2.61. The fourth-order valence-corrected chi connectivity index (χ4v) is 2.83. The van der Waals surface area contributed by atoms with E-state index in [0.717, 1.165) is 17.0 Å². The molecule has 0 bridgehead atoms. The Kier molecular flexibility index (Phi) is 3.01. The highest BCUT2D eigenvalue weighted by Crippen LogP contribution is 2.27. The Morgan fingerprint density at radius 2 is 1.86 bits per heavy atom. The van der Waals surface area contributed by atoms with Crippen LogP contribution < -0.4 is 0 Å². The minimum Gasteiger partial charge on any atom is -0.276 e. The van der Waals surface area contributed by atoms with Crippen LogP contribution in [-0.2, 0) is 6.54 Å². The van der Waals surface area contributed by atoms with Crippen molar-refractivity contribution < 1.29 is 4.39 Å². The zero-order valence-corrected chi connectivity index (χ0v) is 12.1. The molecule has 0 amide bonds. The highest BCUT2D eigenvalue weighted by atomic mass is 35.5. The van der Waals surface area contributed by atoms with Gasteiger partial charge < -0.3 is 0 Å². The molecule has 2 heterocycles. The molecule has 0 radical (unpaired) electrons. The summed E-state index contributed by atoms with van der Waals surface area (Å²) in [6.45, 7) is 0.334. The van der Waals surface area contributed by atoms with Gasteiger partial charge in [-0.05, 0) is 29.8 Å². The van der Waals surface area contributed by atoms with Gasteiger partial charge in [-0.15, -0.1) is 10.2 Å². The van der Waals surface area contributed by atoms with Gasteiger partial charge in [0.25, 0.3) is 0 Å². The predicted molar refractivity (Wildman–Crippen MR) is 82.1 cm³/mol. The molecule has 108 valence electrons. The van der Waals surface area contributed by atoms with Gasteiger partial charge in [0.15, 0.2) is 5.82 Å². The zero-order chi connectivity index (χ0) is 15.1. The highest BCUT2D eigenvalue weighted by molar-refractivity contribution is 6.28. The smallest absolute Gasteiger partial charge is 0.229 e. The molecule has 2 aromatic carbocycles. The molecule has 3 aromatic rings. The molecule has 4 rings (SSSR count). The summed E-state index contributed by atoms with van der Waals surface area (Å²) in [6, 6.07) is 14.2. The van der Waals surface area contributed by atoms with Crippen molar-refractivity contribution in [1.29, 1.82) is 0 Å². The van der Waals surface area contributed by atoms with Crippen molar-refractivity contribution >= 4 is 17.3 Å². The quantitative estimate of drug-likeness (QED) is 0.691. The lowest BCUT2D eigenvalue weighted by Crippen LogP contribution is -2.08. The SMILES string of the molecule is Fc1ccc2c(c1)C(c1ccccc1)=NCc1nnc(Cl)n1-2. The summed E-state index contributed by atoms with van der Waals surface area (Å²) in [6.07, 6.45) is 0. The molecule has 0 unspecified atom stereocenters. The topological polar surface area (TPSA) is 43.1 Å². The maximum atomic E-state index is 13.8. The van der Waals surface area contributed by atoms with Gasteiger partial charge >= 0.3 is 0 Å². The molecular weight excluding hydrogens is 303 g/mol. The van der Waals surface area contributed by atoms with Gasteiger partial charge in [-0.25, -0.2) is 4.39 Å². The molecule has 1 aliphatic heterocycles. The third kappa shape index (κ3) is 2.02. The first-order valence-electron chi connectivity index (χ1n) is 6.74. The van der Waals surface area contributed by atoms with E-state index in [1.165, 1.54) is 12.1 Å². The maximum Gasteiger partial charge on any atom is 0.229 e. The van der Waals surface area contributed by atoms with E-state index < -0.39 is 0 Å². The van der Waals surface area contributed by atoms with Gasteiger partial charge in [0.05, 0.1) is 11.4 Å². The van der Waals surface area contributed by atoms with E-state index in [0.29, 0.717) is 17.9 Å². The van der Waals surface area contributed by atoms with Crippen molar-refractivity contribution in [2.45, 2.75) is 6.54 Å². The van der Waals surface area contributed by atoms with Crippen LogP contribution in [0.25, 0.3) is 5.69 Å². The monoisotopic (exact) mass is 312 g/mol. The van der Waals surface area contributed by atoms with Crippen LogP contribution in [0.2, 0.25) is 5.28 Å². The minimum absolute atomic E-state index is 0.243. The number of hydrogen-bond acceptors (Lipinski definition) is 3. The predicted octanol–water partition coefficient (Wildman–Crippen LogP) is 3.41. The summed E-state index contributed by atoms with van der Waals surface area (Å²) >= 11 is 6.14. The van der Waals surface area contributed by atoms with Gasteiger partial charge in [0.1, 0.15) is 12.4 Å². The Hall–Kier alpha value is -2.53. The number of hydrogen-bond donors (Lipinski definition) is 0. The van der Waals surface area contributed by atoms with Crippen molar-refractivity contribution in [3.8, 4) is 5.69 Å². The van der Waals surface area contributed by atoms with E-state index >= 15 is 0 Å². The number of halogens is 2. The Balaban J connectivity index is 2.01. The average molecular weight is 313 g/mol. The summed E-state index contributed by atoms with van der Waals surface area (Å²) in [7, 11) is 0. The van der Waals surface area contributed by atoms with E-state index in [1.54, 1.807) is 10.6 Å². The molecule has 6 heteroatoms. The second-order valence-corrected chi connectivity index (χ2v) is 5.25. The van der Waals surface area contributed by atoms with E-state index in [9.17, 15) is 4.39 Å². The first kappa shape index (κ1) is 13.2. The molecule has 0 saturated heterocycles. The molecule has 0 saturated carbocycles. The van der Waals surface area contributed by atoms with Crippen molar-refractivity contribution in [2.75, 3.05) is 0 Å². The number of rotatable bonds is 1. The lowest BCUT2D eigenvalue weighted by atomic mass is 10.0. The van der Waals surface area contributed by atoms with Crippen LogP contribution in [0.3, 0.4) is 0 Å². The average Bonchev–Trinajstić information content (AvgIpc) is 2.82. The Morgan fingerprint density at radius 3 is 2.68 bits per heavy atom. The van der Waals surface area contributed by atoms with Crippen LogP contribution in [0.15, 0.2) is 53.5 Å². The molecule has 0 fully saturated rings. The van der Waals surface area contributed by atoms with Crippen molar-refractivity contribution in [2.24, 2.45) is 4.99 Å². The largest absolute Gasteiger partial charge is 0.276 e.